The molecule has 5 aromatic carbocycles. The van der Waals surface area contributed by atoms with Gasteiger partial charge >= 0.3 is 23.3 Å². The van der Waals surface area contributed by atoms with Crippen molar-refractivity contribution in [3.63, 3.8) is 0 Å². The van der Waals surface area contributed by atoms with E-state index in [0.717, 1.165) is 96.3 Å². The number of benzene rings is 5. The van der Waals surface area contributed by atoms with Gasteiger partial charge in [-0.15, -0.1) is 0 Å². The van der Waals surface area contributed by atoms with Crippen LogP contribution in [0.3, 0.4) is 0 Å². The Morgan fingerprint density at radius 2 is 0.943 bits per heavy atom. The van der Waals surface area contributed by atoms with E-state index in [4.69, 9.17) is 118 Å². The average molecular weight is 2220 g/mol. The van der Waals surface area contributed by atoms with Crippen molar-refractivity contribution in [3.8, 4) is 34.4 Å². The van der Waals surface area contributed by atoms with Gasteiger partial charge in [-0.3, -0.25) is 39.0 Å². The van der Waals surface area contributed by atoms with Crippen LogP contribution in [0.1, 0.15) is 139 Å². The number of hydrogen-bond acceptors (Lipinski definition) is 34. The van der Waals surface area contributed by atoms with Crippen molar-refractivity contribution in [2.75, 3.05) is 107 Å². The second-order valence-corrected chi connectivity index (χ2v) is 32.3. The standard InChI is InChI=1S/C20H23N5O3.C14H13ClN4O.C12H11ClN4O3.C10H7ClFIN4.C8H11NO.C8H18O3.C6H11NO2.C6H15N.C4HCl2N3O2.C4H8O.CH3.H3N.Ni/c1-3-28-16-8-6-15(7-9-16)25-12(2)22-17-11-21-20(24-18(17)25)23-14-5-4-13(10-14)19(26)27;1-3-20-11-6-4-10(5-7-11)19-9(2)17-12-8-16-14(15)18-13(12)19;1-2-20-9-5-3-8(4-6-9)15-11-10(17(18)19)7-14-12(13)16-11;11-10-15-4-8(14)9(17-10)16-5-1-2-7(13)6(12)3-5;1-2-10-8-5-3-7(9)4-6-8;1-5-9-8(4,10-6-2)11-7-3;7-5-2-1-4(3-5)6(8)9;1-4-7(5-2)6-3;5-3-2(9(10)11)1-7-4(6)8-3;1-2-4-5-3-1;;;/h6-9,11,13-14H,3-5,10H2,1-2H3,(H,26,27)(H,21,23,24);4-8H,3H2,1-2H3;3-7H,2H2,1H3,(H,14,15,16);1-4H,14H2,(H,15,16,17);3-6H,2,9H2,1H3;5-7H2,1-4H3;4-5H,1-3,7H2,(H,8,9);4-6H2,1-3H3;1H;1-4H2;2*1H3;/q;;;;;;;;;;-1;;/t13-,14-;;;;;;4-,5-;;;;;;/m1.....1....../s1. The van der Waals surface area contributed by atoms with Crippen molar-refractivity contribution in [3.05, 3.63) is 221 Å². The summed E-state index contributed by atoms with van der Waals surface area (Å²) in [6.45, 7) is 35.6. The molecule has 12 aromatic rings. The zero-order valence-corrected chi connectivity index (χ0v) is 87.8. The van der Waals surface area contributed by atoms with E-state index in [1.165, 1.54) is 44.7 Å². The van der Waals surface area contributed by atoms with Crippen molar-refractivity contribution >= 4 is 167 Å². The van der Waals surface area contributed by atoms with Gasteiger partial charge in [-0.05, 0) is 318 Å². The fourth-order valence-electron chi connectivity index (χ4n) is 13.1. The molecule has 7 aromatic heterocycles. The summed E-state index contributed by atoms with van der Waals surface area (Å²) in [6.07, 6.45) is 13.7. The molecule has 0 unspecified atom stereocenters. The van der Waals surface area contributed by atoms with Gasteiger partial charge in [-0.25, -0.2) is 39.3 Å². The maximum absolute atomic E-state index is 13.3. The summed E-state index contributed by atoms with van der Waals surface area (Å²) in [5.41, 5.74) is 23.1. The van der Waals surface area contributed by atoms with Gasteiger partial charge in [0.1, 0.15) is 63.9 Å². The quantitative estimate of drug-likeness (QED) is 0.00242. The molecule has 0 amide bonds. The van der Waals surface area contributed by atoms with Gasteiger partial charge in [0.2, 0.25) is 38.1 Å². The monoisotopic (exact) mass is 2210 g/mol. The molecule has 1 aliphatic heterocycles. The van der Waals surface area contributed by atoms with Crippen LogP contribution in [-0.2, 0) is 45.0 Å². The Bertz CT molecular complexity index is 5720. The number of imidazole rings is 2. The number of nitro groups is 2. The number of ether oxygens (including phenoxy) is 8. The molecule has 48 heteroatoms. The number of nitrogen functional groups attached to an aromatic ring is 2. The molecule has 1 saturated heterocycles. The second-order valence-electron chi connectivity index (χ2n) is 29.5. The number of hydrogen-bond donors (Lipinski definition) is 9. The number of carboxylic acid groups (broad SMARTS) is 2. The molecule has 0 radical (unpaired) electrons. The molecule has 772 valence electrons. The van der Waals surface area contributed by atoms with Gasteiger partial charge in [-0.1, -0.05) is 32.4 Å². The molecule has 3 fully saturated rings. The van der Waals surface area contributed by atoms with E-state index in [2.05, 4.69) is 101 Å². The summed E-state index contributed by atoms with van der Waals surface area (Å²) in [5.74, 6) is 2.74. The van der Waals surface area contributed by atoms with Crippen LogP contribution in [0.15, 0.2) is 146 Å². The predicted molar refractivity (Wildman–Crippen MR) is 553 cm³/mol. The minimum absolute atomic E-state index is 0. The molecule has 4 atom stereocenters. The molecule has 141 heavy (non-hydrogen) atoms. The van der Waals surface area contributed by atoms with Crippen molar-refractivity contribution in [2.45, 2.75) is 159 Å². The molecule has 0 bridgehead atoms. The molecule has 15 rings (SSSR count). The second kappa shape index (κ2) is 65.7. The van der Waals surface area contributed by atoms with Crippen molar-refractivity contribution in [1.29, 1.82) is 0 Å². The van der Waals surface area contributed by atoms with Crippen molar-refractivity contribution in [1.82, 2.24) is 80.0 Å². The zero-order valence-electron chi connectivity index (χ0n) is 80.9. The number of carboxylic acids is 2. The van der Waals surface area contributed by atoms with E-state index in [9.17, 15) is 39.3 Å². The number of nitrogens with one attached hydrogen (secondary N) is 3. The normalized spacial score (nSPS) is 13.9. The van der Waals surface area contributed by atoms with Gasteiger partial charge in [0.15, 0.2) is 17.1 Å². The van der Waals surface area contributed by atoms with Crippen LogP contribution in [0.2, 0.25) is 26.3 Å². The van der Waals surface area contributed by atoms with Gasteiger partial charge < -0.3 is 99.7 Å². The first kappa shape index (κ1) is 124. The van der Waals surface area contributed by atoms with Crippen LogP contribution >= 0.6 is 80.6 Å². The summed E-state index contributed by atoms with van der Waals surface area (Å²) in [5, 5.41) is 47.5. The number of aromatic nitrogens is 14. The van der Waals surface area contributed by atoms with Crippen LogP contribution in [-0.4, -0.2) is 203 Å². The van der Waals surface area contributed by atoms with E-state index in [1.54, 1.807) is 55.7 Å². The Hall–Kier alpha value is -11.3. The number of halogens is 7. The number of carbonyl (C=O) groups is 2. The molecular formula is C93H124Cl5FIN24NiO16-. The van der Waals surface area contributed by atoms with Gasteiger partial charge in [0, 0.05) is 101 Å². The maximum Gasteiger partial charge on any atom is 0.329 e. The smallest absolute Gasteiger partial charge is 0.329 e. The molecule has 0 spiro atoms. The Labute approximate surface area is 867 Å². The van der Waals surface area contributed by atoms with E-state index >= 15 is 0 Å². The third-order valence-corrected chi connectivity index (χ3v) is 21.5. The molecule has 40 nitrogen and oxygen atoms in total. The summed E-state index contributed by atoms with van der Waals surface area (Å²) < 4.78 is 60.0. The SMILES string of the molecule is C1CCOC1.CCN(CC)CC.CCOC(C)(OCC)OCC.CCOc1ccc(-n2c(C)nc3cnc(Cl)nc32)cc1.CCOc1ccc(-n2c(C)nc3cnc(N[C@@H]4CC[C@@H](C(=O)O)C4)nc32)cc1.CCOc1ccc(N)cc1.CCOc1ccc(Nc2nc(Cl)ncc2[N+](=O)[O-])cc1.N.N[C@@H]1CC[C@@H](C(=O)O)C1.Nc1cnc(Cl)nc1Nc1ccc(I)c(F)c1.O=[N+]([O-])c1cnc(Cl)nc1Cl.[CH3-].[Ni]. The summed E-state index contributed by atoms with van der Waals surface area (Å²) in [4.78, 5) is 91.6. The van der Waals surface area contributed by atoms with Crippen molar-refractivity contribution < 1.29 is 88.4 Å². The third kappa shape index (κ3) is 42.8. The van der Waals surface area contributed by atoms with E-state index < -0.39 is 27.8 Å². The van der Waals surface area contributed by atoms with Crippen LogP contribution in [0, 0.1) is 62.7 Å². The minimum Gasteiger partial charge on any atom is -0.494 e. The number of nitrogens with two attached hydrogens (primary N) is 3. The van der Waals surface area contributed by atoms with Gasteiger partial charge in [-0.2, -0.15) is 24.9 Å². The Morgan fingerprint density at radius 3 is 1.35 bits per heavy atom. The number of aryl methyl sites for hydroxylation is 2. The van der Waals surface area contributed by atoms with Crippen LogP contribution in [0.4, 0.5) is 56.1 Å². The van der Waals surface area contributed by atoms with E-state index in [1.807, 2.05) is 167 Å². The topological polar surface area (TPSA) is 552 Å². The molecular weight excluding hydrogens is 2090 g/mol. The molecule has 2 saturated carbocycles. The zero-order chi connectivity index (χ0) is 101. The van der Waals surface area contributed by atoms with Gasteiger partial charge in [0.25, 0.3) is 5.97 Å². The number of aliphatic carboxylic acids is 2. The number of nitrogens with zero attached hydrogens (tertiary/aromatic N) is 17. The predicted octanol–water partition coefficient (Wildman–Crippen LogP) is 20.8. The molecule has 8 heterocycles. The Balaban J connectivity index is 0.000000416. The average Bonchev–Trinajstić information content (AvgIpc) is 1.63. The van der Waals surface area contributed by atoms with Crippen LogP contribution < -0.4 is 58.2 Å². The first-order valence-corrected chi connectivity index (χ1v) is 47.3. The summed E-state index contributed by atoms with van der Waals surface area (Å²) in [7, 11) is 0. The number of fused-ring (bicyclic) bond motifs is 2. The first-order chi connectivity index (χ1) is 66.0. The number of anilines is 7. The Kier molecular flexibility index (Phi) is 57.7. The summed E-state index contributed by atoms with van der Waals surface area (Å²) in [6, 6.07) is 34.8. The fraction of sp³-hybridized carbons (Fsp3) is 0.409. The molecule has 2 aliphatic carbocycles. The van der Waals surface area contributed by atoms with E-state index in [-0.39, 0.29) is 103 Å². The van der Waals surface area contributed by atoms with E-state index in [0.29, 0.717) is 120 Å². The first-order valence-electron chi connectivity index (χ1n) is 44.3. The molecule has 14 N–H and O–H groups in total. The van der Waals surface area contributed by atoms with Crippen LogP contribution in [0.5, 0.6) is 23.0 Å². The fourth-order valence-corrected chi connectivity index (χ4v) is 14.2. The summed E-state index contributed by atoms with van der Waals surface area (Å²) >= 11 is 29.7. The minimum atomic E-state index is -0.849. The third-order valence-electron chi connectivity index (χ3n) is 19.7. The van der Waals surface area contributed by atoms with Gasteiger partial charge in [0.05, 0.1) is 72.4 Å². The number of rotatable bonds is 29. The molecule has 3 aliphatic rings. The maximum atomic E-state index is 13.3. The Morgan fingerprint density at radius 1 is 0.539 bits per heavy atom. The van der Waals surface area contributed by atoms with Crippen molar-refractivity contribution in [2.24, 2.45) is 17.6 Å². The van der Waals surface area contributed by atoms with Crippen LogP contribution in [0.25, 0.3) is 33.7 Å². The largest absolute Gasteiger partial charge is 0.494 e.